The number of amides is 1. The van der Waals surface area contributed by atoms with Gasteiger partial charge in [-0.05, 0) is 18.8 Å². The molecule has 0 aliphatic heterocycles. The van der Waals surface area contributed by atoms with Crippen LogP contribution in [0.2, 0.25) is 0 Å². The molecule has 1 aliphatic rings. The number of guanidine groups is 1. The molecule has 148 valence electrons. The average molecular weight is 493 g/mol. The minimum atomic E-state index is 0. The number of nitrogens with one attached hydrogen (secondary N) is 1. The maximum Gasteiger partial charge on any atom is 0.243 e. The lowest BCUT2D eigenvalue weighted by Crippen LogP contribution is -2.43. The number of halogens is 1. The lowest BCUT2D eigenvalue weighted by Gasteiger charge is -2.26. The molecule has 1 fully saturated rings. The van der Waals surface area contributed by atoms with Gasteiger partial charge in [0.25, 0.3) is 0 Å². The van der Waals surface area contributed by atoms with Crippen molar-refractivity contribution in [1.29, 1.82) is 0 Å². The summed E-state index contributed by atoms with van der Waals surface area (Å²) in [6.45, 7) is 1.96. The van der Waals surface area contributed by atoms with Gasteiger partial charge in [-0.25, -0.2) is 9.98 Å². The first-order chi connectivity index (χ1) is 12.1. The predicted octanol–water partition coefficient (Wildman–Crippen LogP) is 2.85. The molecule has 0 bridgehead atoms. The molecular weight excluding hydrogens is 461 g/mol. The number of hydrogen-bond donors (Lipinski definition) is 1. The minimum Gasteiger partial charge on any atom is -0.356 e. The molecule has 26 heavy (non-hydrogen) atoms. The number of hydrogen-bond acceptors (Lipinski definition) is 4. The third-order valence-electron chi connectivity index (χ3n) is 4.64. The molecule has 1 amide bonds. The SMILES string of the molecule is CN(C)C(=O)CN=C(NCC1CCCCC1)N(C)CCc1nccs1.I. The van der Waals surface area contributed by atoms with Gasteiger partial charge in [0.1, 0.15) is 6.54 Å². The van der Waals surface area contributed by atoms with Crippen molar-refractivity contribution in [2.24, 2.45) is 10.9 Å². The first kappa shape index (κ1) is 23.1. The summed E-state index contributed by atoms with van der Waals surface area (Å²) in [5, 5.41) is 6.63. The summed E-state index contributed by atoms with van der Waals surface area (Å²) < 4.78 is 0. The summed E-state index contributed by atoms with van der Waals surface area (Å²) >= 11 is 1.68. The van der Waals surface area contributed by atoms with Crippen LogP contribution in [0, 0.1) is 5.92 Å². The molecular formula is C18H32IN5OS. The van der Waals surface area contributed by atoms with Crippen LogP contribution in [-0.4, -0.2) is 67.4 Å². The van der Waals surface area contributed by atoms with Crippen molar-refractivity contribution in [1.82, 2.24) is 20.1 Å². The molecule has 0 radical (unpaired) electrons. The second kappa shape index (κ2) is 12.5. The number of rotatable bonds is 7. The quantitative estimate of drug-likeness (QED) is 0.361. The van der Waals surface area contributed by atoms with Crippen LogP contribution < -0.4 is 5.32 Å². The fourth-order valence-electron chi connectivity index (χ4n) is 2.97. The molecule has 0 unspecified atom stereocenters. The number of aromatic nitrogens is 1. The average Bonchev–Trinajstić information content (AvgIpc) is 3.13. The molecule has 1 aliphatic carbocycles. The van der Waals surface area contributed by atoms with Gasteiger partial charge in [-0.2, -0.15) is 0 Å². The largest absolute Gasteiger partial charge is 0.356 e. The van der Waals surface area contributed by atoms with Crippen molar-refractivity contribution in [3.8, 4) is 0 Å². The minimum absolute atomic E-state index is 0. The third-order valence-corrected chi connectivity index (χ3v) is 5.48. The number of nitrogens with zero attached hydrogens (tertiary/aromatic N) is 4. The number of aliphatic imine (C=N–C) groups is 1. The van der Waals surface area contributed by atoms with Gasteiger partial charge in [0.05, 0.1) is 5.01 Å². The maximum atomic E-state index is 11.9. The highest BCUT2D eigenvalue weighted by Crippen LogP contribution is 2.22. The number of carbonyl (C=O) groups excluding carboxylic acids is 1. The lowest BCUT2D eigenvalue weighted by molar-refractivity contribution is -0.127. The van der Waals surface area contributed by atoms with Crippen LogP contribution in [0.1, 0.15) is 37.1 Å². The molecule has 6 nitrogen and oxygen atoms in total. The maximum absolute atomic E-state index is 11.9. The molecule has 1 N–H and O–H groups in total. The Balaban J connectivity index is 0.00000338. The van der Waals surface area contributed by atoms with E-state index < -0.39 is 0 Å². The van der Waals surface area contributed by atoms with Gasteiger partial charge in [0.2, 0.25) is 5.91 Å². The van der Waals surface area contributed by atoms with Crippen LogP contribution >= 0.6 is 35.3 Å². The highest BCUT2D eigenvalue weighted by atomic mass is 127. The van der Waals surface area contributed by atoms with Crippen LogP contribution in [0.25, 0.3) is 0 Å². The van der Waals surface area contributed by atoms with Crippen LogP contribution in [0.15, 0.2) is 16.6 Å². The first-order valence-electron chi connectivity index (χ1n) is 9.14. The van der Waals surface area contributed by atoms with Gasteiger partial charge in [0.15, 0.2) is 5.96 Å². The van der Waals surface area contributed by atoms with E-state index >= 15 is 0 Å². The zero-order chi connectivity index (χ0) is 18.1. The molecule has 0 aromatic carbocycles. The molecule has 1 aromatic heterocycles. The zero-order valence-corrected chi connectivity index (χ0v) is 19.3. The van der Waals surface area contributed by atoms with Gasteiger partial charge in [-0.15, -0.1) is 35.3 Å². The van der Waals surface area contributed by atoms with Crippen molar-refractivity contribution in [3.63, 3.8) is 0 Å². The predicted molar refractivity (Wildman–Crippen MR) is 119 cm³/mol. The summed E-state index contributed by atoms with van der Waals surface area (Å²) in [6, 6.07) is 0. The Morgan fingerprint density at radius 1 is 1.31 bits per heavy atom. The van der Waals surface area contributed by atoms with Gasteiger partial charge in [0, 0.05) is 52.2 Å². The summed E-state index contributed by atoms with van der Waals surface area (Å²) in [5.74, 6) is 1.55. The highest BCUT2D eigenvalue weighted by Gasteiger charge is 2.15. The Morgan fingerprint density at radius 3 is 2.65 bits per heavy atom. The van der Waals surface area contributed by atoms with Gasteiger partial charge in [-0.1, -0.05) is 19.3 Å². The fourth-order valence-corrected chi connectivity index (χ4v) is 3.58. The third kappa shape index (κ3) is 8.20. The van der Waals surface area contributed by atoms with E-state index in [4.69, 9.17) is 0 Å². The second-order valence-corrected chi connectivity index (χ2v) is 7.89. The van der Waals surface area contributed by atoms with E-state index in [0.29, 0.717) is 0 Å². The van der Waals surface area contributed by atoms with Crippen molar-refractivity contribution in [3.05, 3.63) is 16.6 Å². The number of likely N-dealkylation sites (N-methyl/N-ethyl adjacent to an activating group) is 2. The Hall–Kier alpha value is -0.900. The molecule has 1 aromatic rings. The van der Waals surface area contributed by atoms with Crippen molar-refractivity contribution in [2.75, 3.05) is 40.8 Å². The normalized spacial score (nSPS) is 15.3. The van der Waals surface area contributed by atoms with Gasteiger partial charge in [-0.3, -0.25) is 4.79 Å². The molecule has 0 saturated heterocycles. The van der Waals surface area contributed by atoms with Crippen LogP contribution in [0.3, 0.4) is 0 Å². The first-order valence-corrected chi connectivity index (χ1v) is 10.0. The van der Waals surface area contributed by atoms with Crippen molar-refractivity contribution >= 4 is 47.2 Å². The Bertz CT molecular complexity index is 544. The van der Waals surface area contributed by atoms with E-state index in [1.807, 2.05) is 18.6 Å². The van der Waals surface area contributed by atoms with Crippen LogP contribution in [0.5, 0.6) is 0 Å². The fraction of sp³-hybridized carbons (Fsp3) is 0.722. The summed E-state index contributed by atoms with van der Waals surface area (Å²) in [4.78, 5) is 24.5. The second-order valence-electron chi connectivity index (χ2n) is 6.91. The van der Waals surface area contributed by atoms with Crippen LogP contribution in [0.4, 0.5) is 0 Å². The molecule has 2 rings (SSSR count). The van der Waals surface area contributed by atoms with Crippen LogP contribution in [-0.2, 0) is 11.2 Å². The summed E-state index contributed by atoms with van der Waals surface area (Å²) in [7, 11) is 5.55. The lowest BCUT2D eigenvalue weighted by atomic mass is 9.89. The van der Waals surface area contributed by atoms with E-state index in [-0.39, 0.29) is 36.4 Å². The molecule has 1 heterocycles. The zero-order valence-electron chi connectivity index (χ0n) is 16.1. The standard InChI is InChI=1S/C18H31N5OS.HI/c1-22(2)17(24)14-21-18(20-13-15-7-5-4-6-8-15)23(3)11-9-16-19-10-12-25-16;/h10,12,15H,4-9,11,13-14H2,1-3H3,(H,20,21);1H. The highest BCUT2D eigenvalue weighted by molar-refractivity contribution is 14.0. The van der Waals surface area contributed by atoms with Crippen molar-refractivity contribution < 1.29 is 4.79 Å². The van der Waals surface area contributed by atoms with E-state index in [9.17, 15) is 4.79 Å². The molecule has 0 spiro atoms. The Labute approximate surface area is 178 Å². The van der Waals surface area contributed by atoms with Crippen molar-refractivity contribution in [2.45, 2.75) is 38.5 Å². The smallest absolute Gasteiger partial charge is 0.243 e. The van der Waals surface area contributed by atoms with Gasteiger partial charge >= 0.3 is 0 Å². The summed E-state index contributed by atoms with van der Waals surface area (Å²) in [5.41, 5.74) is 0. The van der Waals surface area contributed by atoms with Gasteiger partial charge < -0.3 is 15.1 Å². The monoisotopic (exact) mass is 493 g/mol. The topological polar surface area (TPSA) is 60.8 Å². The Morgan fingerprint density at radius 2 is 2.04 bits per heavy atom. The van der Waals surface area contributed by atoms with E-state index in [1.54, 1.807) is 30.3 Å². The Kier molecular flexibility index (Phi) is 11.1. The van der Waals surface area contributed by atoms with E-state index in [0.717, 1.165) is 36.4 Å². The number of carbonyl (C=O) groups is 1. The molecule has 0 atom stereocenters. The van der Waals surface area contributed by atoms with E-state index in [2.05, 4.69) is 20.2 Å². The molecule has 8 heteroatoms. The molecule has 1 saturated carbocycles. The van der Waals surface area contributed by atoms with E-state index in [1.165, 1.54) is 32.1 Å². The number of thiazole rings is 1. The summed E-state index contributed by atoms with van der Waals surface area (Å²) in [6.07, 6.45) is 9.34.